The second kappa shape index (κ2) is 11.7. The highest BCUT2D eigenvalue weighted by Crippen LogP contribution is 2.39. The number of aromatic nitrogens is 2. The zero-order valence-corrected chi connectivity index (χ0v) is 19.7. The van der Waals surface area contributed by atoms with E-state index in [0.29, 0.717) is 24.6 Å². The molecule has 1 atom stereocenters. The van der Waals surface area contributed by atoms with Crippen molar-refractivity contribution in [2.24, 2.45) is 5.73 Å². The van der Waals surface area contributed by atoms with Gasteiger partial charge < -0.3 is 20.3 Å². The molecule has 0 fully saturated rings. The monoisotopic (exact) mass is 495 g/mol. The SMILES string of the molecule is C[C@](N)(CO)c1nnc(-c2ccc(OCCCCCOCc3ccccc3)c(C(F)(F)F)c2)s1. The average Bonchev–Trinajstić information content (AvgIpc) is 3.32. The third-order valence-corrected chi connectivity index (χ3v) is 6.33. The van der Waals surface area contributed by atoms with Gasteiger partial charge in [0.25, 0.3) is 0 Å². The van der Waals surface area contributed by atoms with Gasteiger partial charge in [0, 0.05) is 12.2 Å². The van der Waals surface area contributed by atoms with Crippen LogP contribution in [0.2, 0.25) is 0 Å². The van der Waals surface area contributed by atoms with Crippen molar-refractivity contribution in [1.29, 1.82) is 0 Å². The molecule has 3 aromatic rings. The van der Waals surface area contributed by atoms with E-state index in [-0.39, 0.29) is 29.5 Å². The zero-order valence-electron chi connectivity index (χ0n) is 18.8. The van der Waals surface area contributed by atoms with Crippen molar-refractivity contribution in [3.05, 3.63) is 64.7 Å². The Morgan fingerprint density at radius 2 is 1.74 bits per heavy atom. The van der Waals surface area contributed by atoms with Gasteiger partial charge in [0.15, 0.2) is 0 Å². The maximum absolute atomic E-state index is 13.7. The van der Waals surface area contributed by atoms with Crippen molar-refractivity contribution < 1.29 is 27.8 Å². The number of aliphatic hydroxyl groups is 1. The fourth-order valence-electron chi connectivity index (χ4n) is 3.08. The molecule has 184 valence electrons. The van der Waals surface area contributed by atoms with Gasteiger partial charge >= 0.3 is 6.18 Å². The number of alkyl halides is 3. The highest BCUT2D eigenvalue weighted by Gasteiger charge is 2.35. The van der Waals surface area contributed by atoms with Crippen LogP contribution >= 0.6 is 11.3 Å². The van der Waals surface area contributed by atoms with E-state index in [4.69, 9.17) is 15.2 Å². The summed E-state index contributed by atoms with van der Waals surface area (Å²) in [5, 5.41) is 17.9. The third-order valence-electron chi connectivity index (χ3n) is 5.08. The molecule has 34 heavy (non-hydrogen) atoms. The summed E-state index contributed by atoms with van der Waals surface area (Å²) in [6, 6.07) is 13.7. The summed E-state index contributed by atoms with van der Waals surface area (Å²) in [5.74, 6) is -0.222. The van der Waals surface area contributed by atoms with E-state index in [1.165, 1.54) is 12.1 Å². The second-order valence-corrected chi connectivity index (χ2v) is 9.12. The fourth-order valence-corrected chi connectivity index (χ4v) is 3.97. The number of unbranched alkanes of at least 4 members (excludes halogenated alkanes) is 2. The van der Waals surface area contributed by atoms with E-state index >= 15 is 0 Å². The number of nitrogens with two attached hydrogens (primary N) is 1. The largest absolute Gasteiger partial charge is 0.493 e. The van der Waals surface area contributed by atoms with E-state index in [2.05, 4.69) is 10.2 Å². The van der Waals surface area contributed by atoms with Crippen molar-refractivity contribution in [2.75, 3.05) is 19.8 Å². The molecule has 1 heterocycles. The van der Waals surface area contributed by atoms with E-state index in [9.17, 15) is 18.3 Å². The molecule has 0 saturated carbocycles. The van der Waals surface area contributed by atoms with Crippen molar-refractivity contribution in [2.45, 2.75) is 44.5 Å². The van der Waals surface area contributed by atoms with Gasteiger partial charge in [0.1, 0.15) is 15.8 Å². The molecular formula is C24H28F3N3O3S. The number of hydrogen-bond acceptors (Lipinski definition) is 7. The molecule has 0 saturated heterocycles. The first-order chi connectivity index (χ1) is 16.2. The minimum atomic E-state index is -4.59. The molecule has 0 spiro atoms. The molecule has 0 aliphatic carbocycles. The van der Waals surface area contributed by atoms with E-state index < -0.39 is 17.3 Å². The molecule has 3 N–H and O–H groups in total. The summed E-state index contributed by atoms with van der Waals surface area (Å²) in [6.07, 6.45) is -2.39. The van der Waals surface area contributed by atoms with Gasteiger partial charge in [-0.2, -0.15) is 13.2 Å². The van der Waals surface area contributed by atoms with Crippen LogP contribution in [0, 0.1) is 0 Å². The summed E-state index contributed by atoms with van der Waals surface area (Å²) in [7, 11) is 0. The van der Waals surface area contributed by atoms with Gasteiger partial charge in [-0.1, -0.05) is 41.7 Å². The Morgan fingerprint density at radius 1 is 1.00 bits per heavy atom. The number of hydrogen-bond donors (Lipinski definition) is 2. The number of nitrogens with zero attached hydrogens (tertiary/aromatic N) is 2. The van der Waals surface area contributed by atoms with Gasteiger partial charge in [-0.05, 0) is 49.9 Å². The second-order valence-electron chi connectivity index (χ2n) is 8.14. The molecule has 0 unspecified atom stereocenters. The Balaban J connectivity index is 1.52. The Kier molecular flexibility index (Phi) is 9.01. The summed E-state index contributed by atoms with van der Waals surface area (Å²) >= 11 is 1.04. The minimum Gasteiger partial charge on any atom is -0.493 e. The fraction of sp³-hybridized carbons (Fsp3) is 0.417. The maximum Gasteiger partial charge on any atom is 0.419 e. The lowest BCUT2D eigenvalue weighted by molar-refractivity contribution is -0.138. The lowest BCUT2D eigenvalue weighted by Gasteiger charge is -2.17. The Hall–Kier alpha value is -2.53. The number of benzene rings is 2. The Labute approximate surface area is 200 Å². The van der Waals surface area contributed by atoms with Crippen molar-refractivity contribution in [3.63, 3.8) is 0 Å². The van der Waals surface area contributed by atoms with Crippen LogP contribution in [0.4, 0.5) is 13.2 Å². The van der Waals surface area contributed by atoms with E-state index in [1.807, 2.05) is 30.3 Å². The van der Waals surface area contributed by atoms with Crippen LogP contribution in [-0.2, 0) is 23.1 Å². The topological polar surface area (TPSA) is 90.5 Å². The highest BCUT2D eigenvalue weighted by molar-refractivity contribution is 7.14. The molecule has 0 bridgehead atoms. The Bertz CT molecular complexity index is 1040. The first-order valence-corrected chi connectivity index (χ1v) is 11.7. The number of halogens is 3. The van der Waals surface area contributed by atoms with E-state index in [0.717, 1.165) is 35.8 Å². The maximum atomic E-state index is 13.7. The number of rotatable bonds is 12. The van der Waals surface area contributed by atoms with Crippen LogP contribution in [0.1, 0.15) is 42.3 Å². The molecule has 6 nitrogen and oxygen atoms in total. The highest BCUT2D eigenvalue weighted by atomic mass is 32.1. The van der Waals surface area contributed by atoms with Gasteiger partial charge in [-0.25, -0.2) is 0 Å². The molecule has 0 amide bonds. The predicted molar refractivity (Wildman–Crippen MR) is 124 cm³/mol. The van der Waals surface area contributed by atoms with E-state index in [1.54, 1.807) is 6.92 Å². The summed E-state index contributed by atoms with van der Waals surface area (Å²) in [5.41, 5.74) is 5.31. The standard InChI is InChI=1S/C24H28F3N3O3S/c1-23(28,16-31)22-30-29-21(34-22)18-10-11-20(19(14-18)24(25,26)27)33-13-7-3-6-12-32-15-17-8-4-2-5-9-17/h2,4-5,8-11,14,31H,3,6-7,12-13,15-16,28H2,1H3/t23-/m0/s1. The summed E-state index contributed by atoms with van der Waals surface area (Å²) < 4.78 is 52.1. The van der Waals surface area contributed by atoms with Crippen LogP contribution in [0.3, 0.4) is 0 Å². The Morgan fingerprint density at radius 3 is 2.44 bits per heavy atom. The molecule has 0 aliphatic rings. The zero-order chi connectivity index (χ0) is 24.6. The quantitative estimate of drug-likeness (QED) is 0.338. The number of ether oxygens (including phenoxy) is 2. The first-order valence-electron chi connectivity index (χ1n) is 10.9. The molecule has 2 aromatic carbocycles. The smallest absolute Gasteiger partial charge is 0.419 e. The number of aliphatic hydroxyl groups excluding tert-OH is 1. The molecule has 0 aliphatic heterocycles. The van der Waals surface area contributed by atoms with Crippen LogP contribution in [-0.4, -0.2) is 35.1 Å². The predicted octanol–water partition coefficient (Wildman–Crippen LogP) is 5.16. The van der Waals surface area contributed by atoms with Crippen LogP contribution < -0.4 is 10.5 Å². The van der Waals surface area contributed by atoms with Crippen LogP contribution in [0.15, 0.2) is 48.5 Å². The normalized spacial score (nSPS) is 13.6. The molecule has 0 radical (unpaired) electrons. The third kappa shape index (κ3) is 7.23. The molecular weight excluding hydrogens is 467 g/mol. The van der Waals surface area contributed by atoms with Gasteiger partial charge in [-0.3, -0.25) is 0 Å². The summed E-state index contributed by atoms with van der Waals surface area (Å²) in [4.78, 5) is 0. The van der Waals surface area contributed by atoms with Gasteiger partial charge in [0.05, 0.1) is 30.9 Å². The van der Waals surface area contributed by atoms with Crippen LogP contribution in [0.25, 0.3) is 10.6 Å². The van der Waals surface area contributed by atoms with Crippen molar-refractivity contribution >= 4 is 11.3 Å². The lowest BCUT2D eigenvalue weighted by Crippen LogP contribution is -2.36. The van der Waals surface area contributed by atoms with Gasteiger partial charge in [-0.15, -0.1) is 10.2 Å². The molecule has 3 rings (SSSR count). The minimum absolute atomic E-state index is 0.173. The van der Waals surface area contributed by atoms with Crippen LogP contribution in [0.5, 0.6) is 5.75 Å². The lowest BCUT2D eigenvalue weighted by atomic mass is 10.1. The summed E-state index contributed by atoms with van der Waals surface area (Å²) in [6.45, 7) is 2.51. The van der Waals surface area contributed by atoms with Crippen molar-refractivity contribution in [1.82, 2.24) is 10.2 Å². The molecule has 10 heteroatoms. The van der Waals surface area contributed by atoms with Crippen molar-refractivity contribution in [3.8, 4) is 16.3 Å². The average molecular weight is 496 g/mol. The molecule has 1 aromatic heterocycles. The first kappa shape index (κ1) is 26.1. The van der Waals surface area contributed by atoms with Gasteiger partial charge in [0.2, 0.25) is 0 Å².